The molecule has 0 bridgehead atoms. The van der Waals surface area contributed by atoms with Crippen LogP contribution in [0.25, 0.3) is 0 Å². The summed E-state index contributed by atoms with van der Waals surface area (Å²) in [5.74, 6) is 1.55. The smallest absolute Gasteiger partial charge is 0.148 e. The molecule has 6 nitrogen and oxygen atoms in total. The third-order valence-corrected chi connectivity index (χ3v) is 4.05. The molecule has 7 heteroatoms. The number of aryl methyl sites for hydroxylation is 1. The molecule has 0 spiro atoms. The Bertz CT molecular complexity index is 646. The Labute approximate surface area is 118 Å². The zero-order valence-electron chi connectivity index (χ0n) is 11.8. The molecule has 0 aliphatic heterocycles. The van der Waals surface area contributed by atoms with Crippen molar-refractivity contribution in [3.63, 3.8) is 0 Å². The van der Waals surface area contributed by atoms with Gasteiger partial charge in [0.25, 0.3) is 0 Å². The third kappa shape index (κ3) is 3.71. The maximum absolute atomic E-state index is 11.4. The summed E-state index contributed by atoms with van der Waals surface area (Å²) in [6.07, 6.45) is 6.37. The van der Waals surface area contributed by atoms with Crippen LogP contribution in [0.3, 0.4) is 0 Å². The van der Waals surface area contributed by atoms with Crippen LogP contribution in [0.15, 0.2) is 35.2 Å². The van der Waals surface area contributed by atoms with E-state index in [1.807, 2.05) is 30.8 Å². The number of sulfone groups is 1. The van der Waals surface area contributed by atoms with Gasteiger partial charge in [0.15, 0.2) is 0 Å². The molecular weight excluding hydrogens is 278 g/mol. The Balaban J connectivity index is 2.23. The average molecular weight is 297 g/mol. The van der Waals surface area contributed by atoms with Gasteiger partial charge >= 0.3 is 0 Å². The predicted molar refractivity (Wildman–Crippen MR) is 76.1 cm³/mol. The molecule has 0 saturated heterocycles. The Morgan fingerprint density at radius 2 is 2.25 bits per heavy atom. The predicted octanol–water partition coefficient (Wildman–Crippen LogP) is 1.13. The molecule has 110 valence electrons. The summed E-state index contributed by atoms with van der Waals surface area (Å²) < 4.78 is 30.1. The topological polar surface area (TPSA) is 77.1 Å². The van der Waals surface area contributed by atoms with Crippen molar-refractivity contribution in [1.82, 2.24) is 14.9 Å². The van der Waals surface area contributed by atoms with Gasteiger partial charge in [-0.05, 0) is 19.1 Å². The van der Waals surface area contributed by atoms with E-state index in [2.05, 4.69) is 10.3 Å². The van der Waals surface area contributed by atoms with Crippen LogP contribution in [0.2, 0.25) is 0 Å². The van der Waals surface area contributed by atoms with Crippen molar-refractivity contribution in [3.05, 3.63) is 42.4 Å². The average Bonchev–Trinajstić information content (AvgIpc) is 2.94. The molecule has 0 aromatic carbocycles. The van der Waals surface area contributed by atoms with Crippen molar-refractivity contribution in [2.45, 2.75) is 19.0 Å². The summed E-state index contributed by atoms with van der Waals surface area (Å²) in [5.41, 5.74) is 0. The van der Waals surface area contributed by atoms with Crippen LogP contribution < -0.4 is 5.32 Å². The molecule has 0 radical (unpaired) electrons. The number of nitrogens with one attached hydrogen (secondary N) is 1. The van der Waals surface area contributed by atoms with Gasteiger partial charge in [-0.2, -0.15) is 0 Å². The highest BCUT2D eigenvalue weighted by Crippen LogP contribution is 2.21. The van der Waals surface area contributed by atoms with Crippen LogP contribution in [-0.4, -0.2) is 36.0 Å². The highest BCUT2D eigenvalue weighted by atomic mass is 32.2. The van der Waals surface area contributed by atoms with E-state index in [-0.39, 0.29) is 17.8 Å². The summed E-state index contributed by atoms with van der Waals surface area (Å²) in [5, 5.41) is 3.26. The number of hydrogen-bond acceptors (Lipinski definition) is 5. The molecule has 20 heavy (non-hydrogen) atoms. The normalized spacial score (nSPS) is 15.2. The van der Waals surface area contributed by atoms with Crippen LogP contribution >= 0.6 is 0 Å². The molecule has 2 aromatic heterocycles. The lowest BCUT2D eigenvalue weighted by Gasteiger charge is -2.21. The number of furan rings is 1. The van der Waals surface area contributed by atoms with Gasteiger partial charge in [0.1, 0.15) is 27.5 Å². The van der Waals surface area contributed by atoms with Gasteiger partial charge in [0.05, 0.1) is 12.0 Å². The molecule has 2 unspecified atom stereocenters. The number of hydrogen-bond donors (Lipinski definition) is 1. The number of rotatable bonds is 6. The van der Waals surface area contributed by atoms with Gasteiger partial charge in [-0.1, -0.05) is 0 Å². The van der Waals surface area contributed by atoms with Crippen molar-refractivity contribution >= 4 is 9.84 Å². The van der Waals surface area contributed by atoms with Crippen LogP contribution in [0.4, 0.5) is 0 Å². The van der Waals surface area contributed by atoms with E-state index in [4.69, 9.17) is 4.42 Å². The Morgan fingerprint density at radius 3 is 2.75 bits per heavy atom. The fourth-order valence-corrected chi connectivity index (χ4v) is 3.19. The van der Waals surface area contributed by atoms with Crippen molar-refractivity contribution in [2.24, 2.45) is 7.05 Å². The quantitative estimate of drug-likeness (QED) is 0.864. The van der Waals surface area contributed by atoms with E-state index >= 15 is 0 Å². The van der Waals surface area contributed by atoms with Crippen molar-refractivity contribution in [1.29, 1.82) is 0 Å². The number of nitrogens with zero attached hydrogens (tertiary/aromatic N) is 2. The Hall–Kier alpha value is -1.60. The molecule has 0 aliphatic carbocycles. The molecular formula is C13H19N3O3S. The first-order valence-electron chi connectivity index (χ1n) is 6.31. The second-order valence-corrected chi connectivity index (χ2v) is 7.19. The minimum atomic E-state index is -3.04. The van der Waals surface area contributed by atoms with Crippen LogP contribution in [-0.2, 0) is 16.9 Å². The standard InChI is InChI=1S/C13H19N3O3S/c1-10(9-20(3,17)18)15-12(11-5-4-8-19-11)13-14-6-7-16(13)2/h4-8,10,12,15H,9H2,1-3H3. The van der Waals surface area contributed by atoms with Crippen molar-refractivity contribution in [3.8, 4) is 0 Å². The summed E-state index contributed by atoms with van der Waals surface area (Å²) in [6.45, 7) is 1.83. The third-order valence-electron chi connectivity index (χ3n) is 2.95. The highest BCUT2D eigenvalue weighted by Gasteiger charge is 2.24. The van der Waals surface area contributed by atoms with E-state index in [1.54, 1.807) is 18.5 Å². The SMILES string of the molecule is CC(CS(C)(=O)=O)NC(c1ccco1)c1nccn1C. The number of imidazole rings is 1. The minimum absolute atomic E-state index is 0.0641. The summed E-state index contributed by atoms with van der Waals surface area (Å²) >= 11 is 0. The van der Waals surface area contributed by atoms with E-state index in [0.717, 1.165) is 5.82 Å². The van der Waals surface area contributed by atoms with Gasteiger partial charge in [-0.25, -0.2) is 13.4 Å². The second-order valence-electron chi connectivity index (χ2n) is 5.00. The lowest BCUT2D eigenvalue weighted by molar-refractivity contribution is 0.408. The van der Waals surface area contributed by atoms with Gasteiger partial charge in [-0.15, -0.1) is 0 Å². The van der Waals surface area contributed by atoms with Gasteiger partial charge in [-0.3, -0.25) is 5.32 Å². The van der Waals surface area contributed by atoms with Gasteiger partial charge in [0.2, 0.25) is 0 Å². The van der Waals surface area contributed by atoms with Crippen LogP contribution in [0.5, 0.6) is 0 Å². The summed E-state index contributed by atoms with van der Waals surface area (Å²) in [7, 11) is -1.15. The first-order chi connectivity index (χ1) is 9.37. The van der Waals surface area contributed by atoms with E-state index < -0.39 is 9.84 Å². The molecule has 2 heterocycles. The first kappa shape index (κ1) is 14.8. The molecule has 2 rings (SSSR count). The highest BCUT2D eigenvalue weighted by molar-refractivity contribution is 7.90. The maximum atomic E-state index is 11.4. The number of aromatic nitrogens is 2. The lowest BCUT2D eigenvalue weighted by atomic mass is 10.2. The zero-order chi connectivity index (χ0) is 14.8. The fraction of sp³-hybridized carbons (Fsp3) is 0.462. The molecule has 2 aromatic rings. The van der Waals surface area contributed by atoms with Crippen LogP contribution in [0.1, 0.15) is 24.6 Å². The van der Waals surface area contributed by atoms with E-state index in [0.29, 0.717) is 5.76 Å². The van der Waals surface area contributed by atoms with Gasteiger partial charge < -0.3 is 8.98 Å². The van der Waals surface area contributed by atoms with Crippen molar-refractivity contribution in [2.75, 3.05) is 12.0 Å². The second kappa shape index (κ2) is 5.80. The monoisotopic (exact) mass is 297 g/mol. The van der Waals surface area contributed by atoms with Crippen LogP contribution in [0, 0.1) is 0 Å². The lowest BCUT2D eigenvalue weighted by Crippen LogP contribution is -2.37. The molecule has 0 aliphatic rings. The maximum Gasteiger partial charge on any atom is 0.148 e. The molecule has 2 atom stereocenters. The summed E-state index contributed by atoms with van der Waals surface area (Å²) in [6, 6.07) is 3.16. The molecule has 0 saturated carbocycles. The Morgan fingerprint density at radius 1 is 1.50 bits per heavy atom. The first-order valence-corrected chi connectivity index (χ1v) is 8.37. The molecule has 1 N–H and O–H groups in total. The van der Waals surface area contributed by atoms with E-state index in [1.165, 1.54) is 6.26 Å². The zero-order valence-corrected chi connectivity index (χ0v) is 12.6. The Kier molecular flexibility index (Phi) is 4.29. The minimum Gasteiger partial charge on any atom is -0.467 e. The largest absolute Gasteiger partial charge is 0.467 e. The molecule has 0 amide bonds. The van der Waals surface area contributed by atoms with Gasteiger partial charge in [0, 0.05) is 31.7 Å². The summed E-state index contributed by atoms with van der Waals surface area (Å²) in [4.78, 5) is 4.31. The van der Waals surface area contributed by atoms with Crippen molar-refractivity contribution < 1.29 is 12.8 Å². The fourth-order valence-electron chi connectivity index (χ4n) is 2.18. The molecule has 0 fully saturated rings. The van der Waals surface area contributed by atoms with E-state index in [9.17, 15) is 8.42 Å².